The number of hydrogen-bond acceptors (Lipinski definition) is 6. The Morgan fingerprint density at radius 1 is 0.881 bits per heavy atom. The maximum absolute atomic E-state index is 11.4. The molecular formula is C34H65N3O4S. The second kappa shape index (κ2) is 14.9. The third-order valence-electron chi connectivity index (χ3n) is 13.1. The van der Waals surface area contributed by atoms with Gasteiger partial charge in [0.05, 0.1) is 6.10 Å². The smallest absolute Gasteiger partial charge is 0.330 e. The predicted octanol–water partition coefficient (Wildman–Crippen LogP) is 6.58. The van der Waals surface area contributed by atoms with Gasteiger partial charge in [-0.2, -0.15) is 8.42 Å². The third kappa shape index (κ3) is 8.12. The van der Waals surface area contributed by atoms with E-state index >= 15 is 0 Å². The summed E-state index contributed by atoms with van der Waals surface area (Å²) in [4.78, 5) is 0. The fraction of sp³-hybridized carbons (Fsp3) is 1.00. The molecule has 10 atom stereocenters. The molecule has 0 spiro atoms. The Hall–Kier alpha value is -0.250. The number of nitrogens with one attached hydrogen (secondary N) is 2. The van der Waals surface area contributed by atoms with Gasteiger partial charge in [-0.15, -0.1) is 0 Å². The molecule has 7 nitrogen and oxygen atoms in total. The average Bonchev–Trinajstić information content (AvgIpc) is 3.29. The second-order valence-electron chi connectivity index (χ2n) is 15.8. The van der Waals surface area contributed by atoms with E-state index in [1.54, 1.807) is 0 Å². The van der Waals surface area contributed by atoms with Crippen LogP contribution >= 0.6 is 0 Å². The van der Waals surface area contributed by atoms with Crippen molar-refractivity contribution in [2.45, 2.75) is 137 Å². The molecular weight excluding hydrogens is 546 g/mol. The van der Waals surface area contributed by atoms with Crippen molar-refractivity contribution in [3.05, 3.63) is 0 Å². The molecule has 0 radical (unpaired) electrons. The molecule has 246 valence electrons. The summed E-state index contributed by atoms with van der Waals surface area (Å²) in [5.41, 5.74) is 6.50. The Kier molecular flexibility index (Phi) is 12.3. The molecule has 0 saturated heterocycles. The number of hydrogen-bond donors (Lipinski definition) is 4. The maximum atomic E-state index is 11.4. The van der Waals surface area contributed by atoms with Crippen LogP contribution in [0.2, 0.25) is 0 Å². The molecule has 8 heteroatoms. The fourth-order valence-corrected chi connectivity index (χ4v) is 11.4. The van der Waals surface area contributed by atoms with Gasteiger partial charge in [0, 0.05) is 6.04 Å². The van der Waals surface area contributed by atoms with E-state index in [1.807, 2.05) is 13.8 Å². The van der Waals surface area contributed by atoms with E-state index < -0.39 is 16.5 Å². The largest absolute Gasteiger partial charge is 0.397 e. The van der Waals surface area contributed by atoms with Crippen LogP contribution in [-0.4, -0.2) is 51.3 Å². The van der Waals surface area contributed by atoms with Crippen molar-refractivity contribution in [1.82, 2.24) is 10.6 Å². The van der Waals surface area contributed by atoms with Crippen LogP contribution in [0.4, 0.5) is 0 Å². The molecule has 5 N–H and O–H groups in total. The summed E-state index contributed by atoms with van der Waals surface area (Å²) >= 11 is 0. The van der Waals surface area contributed by atoms with Gasteiger partial charge in [-0.05, 0) is 168 Å². The fourth-order valence-electron chi connectivity index (χ4n) is 10.7. The first-order valence-corrected chi connectivity index (χ1v) is 19.1. The summed E-state index contributed by atoms with van der Waals surface area (Å²) in [6.07, 6.45) is 17.0. The van der Waals surface area contributed by atoms with E-state index in [1.165, 1.54) is 70.6 Å². The molecule has 0 aromatic rings. The molecule has 4 aliphatic carbocycles. The minimum atomic E-state index is -4.42. The van der Waals surface area contributed by atoms with E-state index in [0.717, 1.165) is 62.7 Å². The first kappa shape index (κ1) is 34.6. The Labute approximate surface area is 258 Å². The van der Waals surface area contributed by atoms with Gasteiger partial charge in [0.25, 0.3) is 0 Å². The zero-order valence-electron chi connectivity index (χ0n) is 27.6. The molecule has 0 aliphatic heterocycles. The van der Waals surface area contributed by atoms with Gasteiger partial charge in [-0.3, -0.25) is 4.55 Å². The standard InChI is InChI=1S/C34H65N3O4S/c1-24(2)32(41-42(38,39)40)14-9-25(3)29-12-13-30-28-11-10-26-23-27(37-22-8-21-36-20-7-6-19-35)15-17-33(26,4)31(28)16-18-34(29,30)5/h24-32,36-37H,6-23,35H2,1-5H3,(H,38,39,40)/t25-,26?,27+,28?,29?,30?,31?,32-,33+,34-/m1/s1. The average molecular weight is 612 g/mol. The van der Waals surface area contributed by atoms with Gasteiger partial charge < -0.3 is 16.4 Å². The molecule has 42 heavy (non-hydrogen) atoms. The zero-order valence-corrected chi connectivity index (χ0v) is 28.4. The summed E-state index contributed by atoms with van der Waals surface area (Å²) in [5.74, 6) is 4.76. The first-order chi connectivity index (χ1) is 19.9. The van der Waals surface area contributed by atoms with Gasteiger partial charge in [0.1, 0.15) is 0 Å². The van der Waals surface area contributed by atoms with Crippen molar-refractivity contribution >= 4 is 10.4 Å². The van der Waals surface area contributed by atoms with Crippen molar-refractivity contribution in [3.63, 3.8) is 0 Å². The van der Waals surface area contributed by atoms with E-state index in [0.29, 0.717) is 35.1 Å². The highest BCUT2D eigenvalue weighted by Crippen LogP contribution is 2.68. The topological polar surface area (TPSA) is 114 Å². The number of unbranched alkanes of at least 4 members (excludes halogenated alkanes) is 1. The maximum Gasteiger partial charge on any atom is 0.397 e. The second-order valence-corrected chi connectivity index (χ2v) is 16.8. The van der Waals surface area contributed by atoms with Crippen LogP contribution in [-0.2, 0) is 14.6 Å². The molecule has 4 fully saturated rings. The SMILES string of the molecule is CC(C)[C@@H](CC[C@@H](C)C1CCC2C3CCC4C[C@@H](NCCCNCCCCN)CC[C@]4(C)C3CC[C@@]21C)OS(=O)(=O)O. The lowest BCUT2D eigenvalue weighted by molar-refractivity contribution is -0.118. The molecule has 5 unspecified atom stereocenters. The van der Waals surface area contributed by atoms with Crippen molar-refractivity contribution in [3.8, 4) is 0 Å². The summed E-state index contributed by atoms with van der Waals surface area (Å²) < 4.78 is 37.1. The van der Waals surface area contributed by atoms with E-state index in [2.05, 4.69) is 31.4 Å². The zero-order chi connectivity index (χ0) is 30.5. The van der Waals surface area contributed by atoms with Crippen LogP contribution in [0.1, 0.15) is 125 Å². The van der Waals surface area contributed by atoms with Crippen LogP contribution in [0, 0.1) is 52.3 Å². The van der Waals surface area contributed by atoms with Crippen molar-refractivity contribution in [2.75, 3.05) is 26.2 Å². The van der Waals surface area contributed by atoms with Gasteiger partial charge in [-0.25, -0.2) is 4.18 Å². The molecule has 0 bridgehead atoms. The molecule has 0 aromatic heterocycles. The Morgan fingerprint density at radius 3 is 2.31 bits per heavy atom. The molecule has 0 amide bonds. The van der Waals surface area contributed by atoms with Crippen LogP contribution in [0.5, 0.6) is 0 Å². The Balaban J connectivity index is 1.28. The Bertz CT molecular complexity index is 947. The minimum Gasteiger partial charge on any atom is -0.330 e. The highest BCUT2D eigenvalue weighted by atomic mass is 32.3. The minimum absolute atomic E-state index is 0.0521. The van der Waals surface area contributed by atoms with Crippen molar-refractivity contribution in [2.24, 2.45) is 58.0 Å². The van der Waals surface area contributed by atoms with E-state index in [-0.39, 0.29) is 5.92 Å². The monoisotopic (exact) mass is 611 g/mol. The highest BCUT2D eigenvalue weighted by Gasteiger charge is 2.60. The number of rotatable bonds is 16. The van der Waals surface area contributed by atoms with Gasteiger partial charge in [0.15, 0.2) is 0 Å². The Morgan fingerprint density at radius 2 is 1.60 bits per heavy atom. The summed E-state index contributed by atoms with van der Waals surface area (Å²) in [6, 6.07) is 0.696. The lowest BCUT2D eigenvalue weighted by atomic mass is 9.44. The van der Waals surface area contributed by atoms with Crippen LogP contribution in [0.15, 0.2) is 0 Å². The lowest BCUT2D eigenvalue weighted by Crippen LogP contribution is -2.55. The normalized spacial score (nSPS) is 38.1. The van der Waals surface area contributed by atoms with Crippen LogP contribution < -0.4 is 16.4 Å². The van der Waals surface area contributed by atoms with Crippen LogP contribution in [0.3, 0.4) is 0 Å². The molecule has 4 rings (SSSR count). The predicted molar refractivity (Wildman–Crippen MR) is 172 cm³/mol. The van der Waals surface area contributed by atoms with Gasteiger partial charge in [-0.1, -0.05) is 34.6 Å². The lowest BCUT2D eigenvalue weighted by Gasteiger charge is -2.61. The summed E-state index contributed by atoms with van der Waals surface area (Å²) in [7, 11) is -4.42. The van der Waals surface area contributed by atoms with Crippen LogP contribution in [0.25, 0.3) is 0 Å². The highest BCUT2D eigenvalue weighted by molar-refractivity contribution is 7.80. The third-order valence-corrected chi connectivity index (χ3v) is 13.6. The molecule has 4 saturated carbocycles. The van der Waals surface area contributed by atoms with Gasteiger partial charge >= 0.3 is 10.4 Å². The van der Waals surface area contributed by atoms with E-state index in [9.17, 15) is 13.0 Å². The molecule has 4 aliphatic rings. The summed E-state index contributed by atoms with van der Waals surface area (Å²) in [5, 5.41) is 7.49. The van der Waals surface area contributed by atoms with Crippen molar-refractivity contribution in [1.29, 1.82) is 0 Å². The number of fused-ring (bicyclic) bond motifs is 5. The quantitative estimate of drug-likeness (QED) is 0.115. The number of nitrogens with two attached hydrogens (primary N) is 1. The molecule has 0 aromatic carbocycles. The van der Waals surface area contributed by atoms with Gasteiger partial charge in [0.2, 0.25) is 0 Å². The first-order valence-electron chi connectivity index (χ1n) is 17.7. The van der Waals surface area contributed by atoms with E-state index in [4.69, 9.17) is 9.92 Å². The van der Waals surface area contributed by atoms with Crippen molar-refractivity contribution < 1.29 is 17.2 Å². The molecule has 0 heterocycles. The summed E-state index contributed by atoms with van der Waals surface area (Å²) in [6.45, 7) is 15.7.